The van der Waals surface area contributed by atoms with Crippen LogP contribution in [0.1, 0.15) is 49.9 Å². The number of hydrogen-bond acceptors (Lipinski definition) is 4. The molecule has 4 heteroatoms. The Labute approximate surface area is 82.9 Å². The Morgan fingerprint density at radius 2 is 2.21 bits per heavy atom. The Bertz CT molecular complexity index is 345. The van der Waals surface area contributed by atoms with Gasteiger partial charge in [0.1, 0.15) is 0 Å². The Balaban J connectivity index is 1.76. The fraction of sp³-hybridized carbons (Fsp3) is 0.800. The standard InChI is InChI=1S/C10H15N3O/c1-5-4-7(5)10-12-9(13-14-10)8(11)6-2-3-6/h5-8H,2-4,11H2,1H3. The molecular weight excluding hydrogens is 178 g/mol. The highest BCUT2D eigenvalue weighted by Gasteiger charge is 2.40. The summed E-state index contributed by atoms with van der Waals surface area (Å²) in [7, 11) is 0. The molecular formula is C10H15N3O. The molecule has 3 unspecified atom stereocenters. The average molecular weight is 193 g/mol. The second-order valence-corrected chi connectivity index (χ2v) is 4.67. The van der Waals surface area contributed by atoms with Gasteiger partial charge in [-0.05, 0) is 31.1 Å². The van der Waals surface area contributed by atoms with Crippen LogP contribution in [0.5, 0.6) is 0 Å². The normalized spacial score (nSPS) is 33.0. The molecule has 3 atom stereocenters. The molecule has 1 aromatic heterocycles. The molecule has 0 amide bonds. The van der Waals surface area contributed by atoms with Crippen LogP contribution < -0.4 is 5.73 Å². The Kier molecular flexibility index (Phi) is 1.68. The molecule has 2 N–H and O–H groups in total. The first kappa shape index (κ1) is 8.41. The van der Waals surface area contributed by atoms with Gasteiger partial charge in [-0.2, -0.15) is 4.98 Å². The first-order valence-corrected chi connectivity index (χ1v) is 5.35. The van der Waals surface area contributed by atoms with E-state index in [4.69, 9.17) is 10.3 Å². The maximum absolute atomic E-state index is 5.98. The summed E-state index contributed by atoms with van der Waals surface area (Å²) in [6.07, 6.45) is 3.61. The minimum Gasteiger partial charge on any atom is -0.339 e. The van der Waals surface area contributed by atoms with E-state index >= 15 is 0 Å². The maximum Gasteiger partial charge on any atom is 0.230 e. The van der Waals surface area contributed by atoms with Gasteiger partial charge in [0.2, 0.25) is 5.89 Å². The van der Waals surface area contributed by atoms with Gasteiger partial charge in [0.05, 0.1) is 6.04 Å². The van der Waals surface area contributed by atoms with Gasteiger partial charge in [-0.15, -0.1) is 0 Å². The van der Waals surface area contributed by atoms with Crippen molar-refractivity contribution >= 4 is 0 Å². The fourth-order valence-electron chi connectivity index (χ4n) is 1.87. The minimum atomic E-state index is 0.00144. The second kappa shape index (κ2) is 2.79. The van der Waals surface area contributed by atoms with E-state index in [0.717, 1.165) is 5.89 Å². The van der Waals surface area contributed by atoms with Crippen LogP contribution in [0.15, 0.2) is 4.52 Å². The molecule has 0 aromatic carbocycles. The number of nitrogens with two attached hydrogens (primary N) is 1. The summed E-state index contributed by atoms with van der Waals surface area (Å²) in [6, 6.07) is 0.00144. The maximum atomic E-state index is 5.98. The first-order valence-electron chi connectivity index (χ1n) is 5.35. The third-order valence-corrected chi connectivity index (χ3v) is 3.31. The molecule has 0 radical (unpaired) electrons. The molecule has 2 saturated carbocycles. The van der Waals surface area contributed by atoms with Gasteiger partial charge in [0.15, 0.2) is 5.82 Å². The highest BCUT2D eigenvalue weighted by molar-refractivity contribution is 5.08. The predicted octanol–water partition coefficient (Wildman–Crippen LogP) is 1.60. The van der Waals surface area contributed by atoms with Crippen LogP contribution in [0.4, 0.5) is 0 Å². The summed E-state index contributed by atoms with van der Waals surface area (Å²) in [6.45, 7) is 2.20. The molecule has 3 rings (SSSR count). The number of hydrogen-bond donors (Lipinski definition) is 1. The molecule has 2 fully saturated rings. The van der Waals surface area contributed by atoms with Crippen LogP contribution in [0.2, 0.25) is 0 Å². The van der Waals surface area contributed by atoms with Crippen molar-refractivity contribution in [2.75, 3.05) is 0 Å². The van der Waals surface area contributed by atoms with E-state index in [9.17, 15) is 0 Å². The zero-order valence-corrected chi connectivity index (χ0v) is 8.31. The van der Waals surface area contributed by atoms with Gasteiger partial charge < -0.3 is 10.3 Å². The van der Waals surface area contributed by atoms with Crippen molar-refractivity contribution < 1.29 is 4.52 Å². The average Bonchev–Trinajstić information content (AvgIpc) is 3.07. The van der Waals surface area contributed by atoms with Crippen LogP contribution in [0, 0.1) is 11.8 Å². The number of rotatable bonds is 3. The third kappa shape index (κ3) is 1.34. The molecule has 1 heterocycles. The molecule has 0 aliphatic heterocycles. The van der Waals surface area contributed by atoms with E-state index < -0.39 is 0 Å². The molecule has 2 aliphatic carbocycles. The summed E-state index contributed by atoms with van der Waals surface area (Å²) in [5, 5.41) is 3.96. The van der Waals surface area contributed by atoms with Gasteiger partial charge in [-0.25, -0.2) is 0 Å². The zero-order valence-electron chi connectivity index (χ0n) is 8.31. The highest BCUT2D eigenvalue weighted by Crippen LogP contribution is 2.46. The predicted molar refractivity (Wildman–Crippen MR) is 50.5 cm³/mol. The Morgan fingerprint density at radius 1 is 1.50 bits per heavy atom. The monoisotopic (exact) mass is 193 g/mol. The summed E-state index contributed by atoms with van der Waals surface area (Å²) >= 11 is 0. The quantitative estimate of drug-likeness (QED) is 0.791. The topological polar surface area (TPSA) is 64.9 Å². The SMILES string of the molecule is CC1CC1c1nc(C(N)C2CC2)no1. The summed E-state index contributed by atoms with van der Waals surface area (Å²) in [5.41, 5.74) is 5.98. The Hall–Kier alpha value is -0.900. The van der Waals surface area contributed by atoms with E-state index in [1.54, 1.807) is 0 Å². The second-order valence-electron chi connectivity index (χ2n) is 4.67. The van der Waals surface area contributed by atoms with E-state index in [1.165, 1.54) is 19.3 Å². The third-order valence-electron chi connectivity index (χ3n) is 3.31. The van der Waals surface area contributed by atoms with Gasteiger partial charge in [0, 0.05) is 5.92 Å². The molecule has 0 bridgehead atoms. The van der Waals surface area contributed by atoms with E-state index in [-0.39, 0.29) is 6.04 Å². The molecule has 14 heavy (non-hydrogen) atoms. The zero-order chi connectivity index (χ0) is 9.71. The molecule has 4 nitrogen and oxygen atoms in total. The lowest BCUT2D eigenvalue weighted by atomic mass is 10.2. The van der Waals surface area contributed by atoms with Gasteiger partial charge in [0.25, 0.3) is 0 Å². The van der Waals surface area contributed by atoms with E-state index in [2.05, 4.69) is 17.1 Å². The van der Waals surface area contributed by atoms with E-state index in [1.807, 2.05) is 0 Å². The van der Waals surface area contributed by atoms with Gasteiger partial charge >= 0.3 is 0 Å². The molecule has 1 aromatic rings. The van der Waals surface area contributed by atoms with Crippen LogP contribution in [0.3, 0.4) is 0 Å². The van der Waals surface area contributed by atoms with Crippen molar-refractivity contribution in [1.29, 1.82) is 0 Å². The molecule has 0 spiro atoms. The minimum absolute atomic E-state index is 0.00144. The van der Waals surface area contributed by atoms with E-state index in [0.29, 0.717) is 23.6 Å². The lowest BCUT2D eigenvalue weighted by Crippen LogP contribution is -2.14. The van der Waals surface area contributed by atoms with Crippen LogP contribution >= 0.6 is 0 Å². The summed E-state index contributed by atoms with van der Waals surface area (Å²) in [4.78, 5) is 4.38. The molecule has 0 saturated heterocycles. The number of aromatic nitrogens is 2. The van der Waals surface area contributed by atoms with Crippen LogP contribution in [-0.4, -0.2) is 10.1 Å². The Morgan fingerprint density at radius 3 is 2.79 bits per heavy atom. The van der Waals surface area contributed by atoms with Crippen LogP contribution in [0.25, 0.3) is 0 Å². The summed E-state index contributed by atoms with van der Waals surface area (Å²) < 4.78 is 5.22. The van der Waals surface area contributed by atoms with Crippen LogP contribution in [-0.2, 0) is 0 Å². The summed E-state index contributed by atoms with van der Waals surface area (Å²) in [5.74, 6) is 3.31. The fourth-order valence-corrected chi connectivity index (χ4v) is 1.87. The lowest BCUT2D eigenvalue weighted by Gasteiger charge is -2.01. The van der Waals surface area contributed by atoms with Crippen molar-refractivity contribution in [3.8, 4) is 0 Å². The van der Waals surface area contributed by atoms with Gasteiger partial charge in [-0.3, -0.25) is 0 Å². The number of nitrogens with zero attached hydrogens (tertiary/aromatic N) is 2. The first-order chi connectivity index (χ1) is 6.75. The van der Waals surface area contributed by atoms with Gasteiger partial charge in [-0.1, -0.05) is 12.1 Å². The lowest BCUT2D eigenvalue weighted by molar-refractivity contribution is 0.366. The smallest absolute Gasteiger partial charge is 0.230 e. The largest absolute Gasteiger partial charge is 0.339 e. The van der Waals surface area contributed by atoms with Crippen molar-refractivity contribution in [3.05, 3.63) is 11.7 Å². The van der Waals surface area contributed by atoms with Crippen molar-refractivity contribution in [2.45, 2.75) is 38.1 Å². The molecule has 76 valence electrons. The van der Waals surface area contributed by atoms with Crippen molar-refractivity contribution in [1.82, 2.24) is 10.1 Å². The highest BCUT2D eigenvalue weighted by atomic mass is 16.5. The van der Waals surface area contributed by atoms with Crippen molar-refractivity contribution in [3.63, 3.8) is 0 Å². The molecule has 2 aliphatic rings. The van der Waals surface area contributed by atoms with Crippen molar-refractivity contribution in [2.24, 2.45) is 17.6 Å².